The van der Waals surface area contributed by atoms with E-state index in [1.54, 1.807) is 25.3 Å². The van der Waals surface area contributed by atoms with E-state index in [-0.39, 0.29) is 5.82 Å². The predicted octanol–water partition coefficient (Wildman–Crippen LogP) is 2.59. The number of ether oxygens (including phenoxy) is 1. The lowest BCUT2D eigenvalue weighted by atomic mass is 10.1. The molecular weight excluding hydrogens is 245 g/mol. The van der Waals surface area contributed by atoms with Gasteiger partial charge in [-0.25, -0.2) is 9.37 Å². The molecule has 19 heavy (non-hydrogen) atoms. The number of benzene rings is 1. The average Bonchev–Trinajstić information content (AvgIpc) is 2.40. The van der Waals surface area contributed by atoms with Gasteiger partial charge in [0.25, 0.3) is 0 Å². The summed E-state index contributed by atoms with van der Waals surface area (Å²) < 4.78 is 17.8. The molecule has 0 atom stereocenters. The molecule has 0 saturated carbocycles. The number of aryl methyl sites for hydroxylation is 1. The fraction of sp³-hybridized carbons (Fsp3) is 0.286. The quantitative estimate of drug-likeness (QED) is 0.898. The zero-order valence-corrected chi connectivity index (χ0v) is 11.0. The van der Waals surface area contributed by atoms with Crippen molar-refractivity contribution in [3.8, 4) is 5.88 Å². The summed E-state index contributed by atoms with van der Waals surface area (Å²) >= 11 is 0. The summed E-state index contributed by atoms with van der Waals surface area (Å²) in [6.07, 6.45) is 0.797. The molecule has 0 aliphatic carbocycles. The smallest absolute Gasteiger partial charge is 0.218 e. The van der Waals surface area contributed by atoms with Gasteiger partial charge in [-0.3, -0.25) is 0 Å². The first-order valence-corrected chi connectivity index (χ1v) is 6.05. The number of hydrogen-bond donors (Lipinski definition) is 1. The second-order valence-corrected chi connectivity index (χ2v) is 4.15. The number of hydrogen-bond acceptors (Lipinski definition) is 4. The van der Waals surface area contributed by atoms with E-state index in [0.29, 0.717) is 18.2 Å². The number of nitrogens with zero attached hydrogens (tertiary/aromatic N) is 2. The molecule has 2 aromatic rings. The highest BCUT2D eigenvalue weighted by atomic mass is 19.1. The predicted molar refractivity (Wildman–Crippen MR) is 71.9 cm³/mol. The Balaban J connectivity index is 1.92. The van der Waals surface area contributed by atoms with Gasteiger partial charge in [0, 0.05) is 12.6 Å². The van der Waals surface area contributed by atoms with Gasteiger partial charge < -0.3 is 10.1 Å². The molecule has 100 valence electrons. The number of nitrogens with one attached hydrogen (secondary N) is 1. The van der Waals surface area contributed by atoms with E-state index in [1.165, 1.54) is 12.1 Å². The van der Waals surface area contributed by atoms with E-state index < -0.39 is 0 Å². The van der Waals surface area contributed by atoms with Crippen LogP contribution in [-0.4, -0.2) is 23.6 Å². The SMILES string of the molecule is COc1cc(NCCc2ccc(F)cc2)nc(C)n1. The van der Waals surface area contributed by atoms with Crippen molar-refractivity contribution in [2.24, 2.45) is 0 Å². The molecule has 2 rings (SSSR count). The van der Waals surface area contributed by atoms with E-state index in [9.17, 15) is 4.39 Å². The number of anilines is 1. The van der Waals surface area contributed by atoms with Crippen LogP contribution in [0.2, 0.25) is 0 Å². The molecule has 0 spiro atoms. The minimum Gasteiger partial charge on any atom is -0.481 e. The molecule has 0 saturated heterocycles. The second kappa shape index (κ2) is 6.13. The van der Waals surface area contributed by atoms with Crippen LogP contribution >= 0.6 is 0 Å². The Morgan fingerprint density at radius 2 is 1.95 bits per heavy atom. The lowest BCUT2D eigenvalue weighted by Gasteiger charge is -2.08. The standard InChI is InChI=1S/C14H16FN3O/c1-10-17-13(9-14(18-10)19-2)16-8-7-11-3-5-12(15)6-4-11/h3-6,9H,7-8H2,1-2H3,(H,16,17,18). The van der Waals surface area contributed by atoms with Crippen LogP contribution in [0.5, 0.6) is 5.88 Å². The van der Waals surface area contributed by atoms with Crippen LogP contribution in [0.1, 0.15) is 11.4 Å². The van der Waals surface area contributed by atoms with Crippen LogP contribution < -0.4 is 10.1 Å². The molecule has 4 nitrogen and oxygen atoms in total. The summed E-state index contributed by atoms with van der Waals surface area (Å²) in [5.74, 6) is 1.71. The highest BCUT2D eigenvalue weighted by molar-refractivity contribution is 5.38. The highest BCUT2D eigenvalue weighted by Gasteiger charge is 2.01. The molecular formula is C14H16FN3O. The van der Waals surface area contributed by atoms with Gasteiger partial charge in [-0.1, -0.05) is 12.1 Å². The van der Waals surface area contributed by atoms with Crippen LogP contribution in [0.3, 0.4) is 0 Å². The summed E-state index contributed by atoms with van der Waals surface area (Å²) in [6, 6.07) is 8.24. The van der Waals surface area contributed by atoms with Gasteiger partial charge >= 0.3 is 0 Å². The van der Waals surface area contributed by atoms with Crippen molar-refractivity contribution in [3.05, 3.63) is 47.5 Å². The summed E-state index contributed by atoms with van der Waals surface area (Å²) in [7, 11) is 1.57. The Hall–Kier alpha value is -2.17. The van der Waals surface area contributed by atoms with Crippen molar-refractivity contribution >= 4 is 5.82 Å². The first-order valence-electron chi connectivity index (χ1n) is 6.05. The summed E-state index contributed by atoms with van der Waals surface area (Å²) in [4.78, 5) is 8.38. The van der Waals surface area contributed by atoms with Gasteiger partial charge in [0.15, 0.2) is 0 Å². The first-order chi connectivity index (χ1) is 9.17. The Labute approximate surface area is 111 Å². The van der Waals surface area contributed by atoms with Gasteiger partial charge in [-0.2, -0.15) is 4.98 Å². The van der Waals surface area contributed by atoms with E-state index in [2.05, 4.69) is 15.3 Å². The zero-order chi connectivity index (χ0) is 13.7. The van der Waals surface area contributed by atoms with E-state index >= 15 is 0 Å². The topological polar surface area (TPSA) is 47.0 Å². The van der Waals surface area contributed by atoms with E-state index in [0.717, 1.165) is 17.8 Å². The molecule has 0 bridgehead atoms. The number of rotatable bonds is 5. The maximum atomic E-state index is 12.8. The molecule has 5 heteroatoms. The third-order valence-electron chi connectivity index (χ3n) is 2.66. The molecule has 1 N–H and O–H groups in total. The van der Waals surface area contributed by atoms with Crippen LogP contribution in [0, 0.1) is 12.7 Å². The molecule has 0 radical (unpaired) electrons. The highest BCUT2D eigenvalue weighted by Crippen LogP contribution is 2.12. The minimum atomic E-state index is -0.215. The molecule has 0 aliphatic heterocycles. The van der Waals surface area contributed by atoms with Crippen LogP contribution in [0.4, 0.5) is 10.2 Å². The number of aromatic nitrogens is 2. The normalized spacial score (nSPS) is 10.3. The Morgan fingerprint density at radius 3 is 2.63 bits per heavy atom. The van der Waals surface area contributed by atoms with Crippen LogP contribution in [0.25, 0.3) is 0 Å². The minimum absolute atomic E-state index is 0.215. The summed E-state index contributed by atoms with van der Waals surface area (Å²) in [5.41, 5.74) is 1.08. The van der Waals surface area contributed by atoms with E-state index in [1.807, 2.05) is 6.92 Å². The van der Waals surface area contributed by atoms with Gasteiger partial charge in [0.1, 0.15) is 17.5 Å². The molecule has 1 aromatic carbocycles. The third-order valence-corrected chi connectivity index (χ3v) is 2.66. The molecule has 0 unspecified atom stereocenters. The molecule has 1 aromatic heterocycles. The average molecular weight is 261 g/mol. The summed E-state index contributed by atoms with van der Waals surface area (Å²) in [5, 5.41) is 3.20. The van der Waals surface area contributed by atoms with Crippen molar-refractivity contribution in [1.82, 2.24) is 9.97 Å². The molecule has 0 aliphatic rings. The van der Waals surface area contributed by atoms with Crippen molar-refractivity contribution in [2.75, 3.05) is 19.0 Å². The zero-order valence-electron chi connectivity index (χ0n) is 11.0. The van der Waals surface area contributed by atoms with Gasteiger partial charge in [-0.15, -0.1) is 0 Å². The third kappa shape index (κ3) is 3.91. The lowest BCUT2D eigenvalue weighted by molar-refractivity contribution is 0.396. The van der Waals surface area contributed by atoms with Crippen molar-refractivity contribution < 1.29 is 9.13 Å². The maximum absolute atomic E-state index is 12.8. The van der Waals surface area contributed by atoms with Crippen LogP contribution in [-0.2, 0) is 6.42 Å². The van der Waals surface area contributed by atoms with Crippen molar-refractivity contribution in [2.45, 2.75) is 13.3 Å². The Bertz CT molecular complexity index is 543. The fourth-order valence-corrected chi connectivity index (χ4v) is 1.72. The lowest BCUT2D eigenvalue weighted by Crippen LogP contribution is -2.08. The maximum Gasteiger partial charge on any atom is 0.218 e. The second-order valence-electron chi connectivity index (χ2n) is 4.15. The number of methoxy groups -OCH3 is 1. The molecule has 1 heterocycles. The summed E-state index contributed by atoms with van der Waals surface area (Å²) in [6.45, 7) is 2.53. The Kier molecular flexibility index (Phi) is 4.28. The van der Waals surface area contributed by atoms with Gasteiger partial charge in [-0.05, 0) is 31.0 Å². The largest absolute Gasteiger partial charge is 0.481 e. The first kappa shape index (κ1) is 13.3. The monoisotopic (exact) mass is 261 g/mol. The van der Waals surface area contributed by atoms with E-state index in [4.69, 9.17) is 4.74 Å². The van der Waals surface area contributed by atoms with Crippen LogP contribution in [0.15, 0.2) is 30.3 Å². The molecule has 0 amide bonds. The molecule has 0 fully saturated rings. The Morgan fingerprint density at radius 1 is 1.21 bits per heavy atom. The number of halogens is 1. The van der Waals surface area contributed by atoms with Crippen molar-refractivity contribution in [1.29, 1.82) is 0 Å². The fourth-order valence-electron chi connectivity index (χ4n) is 1.72. The van der Waals surface area contributed by atoms with Crippen molar-refractivity contribution in [3.63, 3.8) is 0 Å². The van der Waals surface area contributed by atoms with Gasteiger partial charge in [0.2, 0.25) is 5.88 Å². The van der Waals surface area contributed by atoms with Gasteiger partial charge in [0.05, 0.1) is 7.11 Å².